The number of hydrogen-bond donors (Lipinski definition) is 1. The second kappa shape index (κ2) is 4.66. The van der Waals surface area contributed by atoms with Gasteiger partial charge in [-0.2, -0.15) is 13.2 Å². The zero-order valence-electron chi connectivity index (χ0n) is 7.56. The third-order valence-corrected chi connectivity index (χ3v) is 1.84. The van der Waals surface area contributed by atoms with Gasteiger partial charge in [-0.15, -0.1) is 12.4 Å². The monoisotopic (exact) mass is 225 g/mol. The standard InChI is InChI=1S/C9H10F3N.ClH/c1-6-2-3-7(5-13)4-8(6)9(10,11)12;/h2-4H,5,13H2,1H3;1H. The molecule has 1 rings (SSSR count). The molecule has 0 spiro atoms. The summed E-state index contributed by atoms with van der Waals surface area (Å²) in [5, 5.41) is 0. The van der Waals surface area contributed by atoms with Crippen molar-refractivity contribution in [2.45, 2.75) is 19.6 Å². The molecule has 80 valence electrons. The van der Waals surface area contributed by atoms with Gasteiger partial charge in [0.15, 0.2) is 0 Å². The predicted octanol–water partition coefficient (Wildman–Crippen LogP) is 2.89. The van der Waals surface area contributed by atoms with Crippen LogP contribution in [0.2, 0.25) is 0 Å². The average Bonchev–Trinajstić information content (AvgIpc) is 2.03. The van der Waals surface area contributed by atoms with Crippen LogP contribution in [0.25, 0.3) is 0 Å². The lowest BCUT2D eigenvalue weighted by atomic mass is 10.0. The van der Waals surface area contributed by atoms with Gasteiger partial charge in [-0.25, -0.2) is 0 Å². The lowest BCUT2D eigenvalue weighted by molar-refractivity contribution is -0.138. The lowest BCUT2D eigenvalue weighted by Gasteiger charge is -2.11. The summed E-state index contributed by atoms with van der Waals surface area (Å²) in [5.74, 6) is 0. The van der Waals surface area contributed by atoms with Gasteiger partial charge in [-0.3, -0.25) is 0 Å². The fourth-order valence-corrected chi connectivity index (χ4v) is 1.10. The highest BCUT2D eigenvalue weighted by atomic mass is 35.5. The largest absolute Gasteiger partial charge is 0.416 e. The predicted molar refractivity (Wildman–Crippen MR) is 51.3 cm³/mol. The van der Waals surface area contributed by atoms with Gasteiger partial charge in [0, 0.05) is 6.54 Å². The highest BCUT2D eigenvalue weighted by Gasteiger charge is 2.32. The molecule has 1 aromatic carbocycles. The highest BCUT2D eigenvalue weighted by Crippen LogP contribution is 2.32. The first kappa shape index (κ1) is 13.3. The Labute approximate surface area is 86.5 Å². The third kappa shape index (κ3) is 2.89. The summed E-state index contributed by atoms with van der Waals surface area (Å²) in [6, 6.07) is 4.13. The van der Waals surface area contributed by atoms with Crippen LogP contribution >= 0.6 is 12.4 Å². The molecule has 1 nitrogen and oxygen atoms in total. The molecule has 0 bridgehead atoms. The molecular formula is C9H11ClF3N. The molecule has 0 aromatic heterocycles. The van der Waals surface area contributed by atoms with Gasteiger partial charge in [-0.05, 0) is 24.1 Å². The quantitative estimate of drug-likeness (QED) is 0.782. The van der Waals surface area contributed by atoms with E-state index in [0.717, 1.165) is 6.07 Å². The Morgan fingerprint density at radius 1 is 1.29 bits per heavy atom. The van der Waals surface area contributed by atoms with E-state index in [1.165, 1.54) is 13.0 Å². The fourth-order valence-electron chi connectivity index (χ4n) is 1.10. The Balaban J connectivity index is 0.00000169. The van der Waals surface area contributed by atoms with Gasteiger partial charge in [0.25, 0.3) is 0 Å². The normalized spacial score (nSPS) is 10.9. The van der Waals surface area contributed by atoms with Gasteiger partial charge in [0.05, 0.1) is 5.56 Å². The zero-order valence-corrected chi connectivity index (χ0v) is 8.38. The van der Waals surface area contributed by atoms with Crippen molar-refractivity contribution < 1.29 is 13.2 Å². The molecule has 5 heteroatoms. The van der Waals surface area contributed by atoms with Gasteiger partial charge < -0.3 is 5.73 Å². The topological polar surface area (TPSA) is 26.0 Å². The van der Waals surface area contributed by atoms with Crippen molar-refractivity contribution in [1.82, 2.24) is 0 Å². The van der Waals surface area contributed by atoms with Crippen LogP contribution in [0.5, 0.6) is 0 Å². The number of benzene rings is 1. The molecule has 0 aliphatic carbocycles. The van der Waals surface area contributed by atoms with Crippen LogP contribution < -0.4 is 5.73 Å². The van der Waals surface area contributed by atoms with E-state index in [-0.39, 0.29) is 24.5 Å². The summed E-state index contributed by atoms with van der Waals surface area (Å²) in [4.78, 5) is 0. The maximum Gasteiger partial charge on any atom is 0.416 e. The van der Waals surface area contributed by atoms with E-state index < -0.39 is 11.7 Å². The number of alkyl halides is 3. The maximum absolute atomic E-state index is 12.3. The van der Waals surface area contributed by atoms with Crippen LogP contribution in [0.3, 0.4) is 0 Å². The van der Waals surface area contributed by atoms with Crippen molar-refractivity contribution >= 4 is 12.4 Å². The van der Waals surface area contributed by atoms with Crippen molar-refractivity contribution in [3.63, 3.8) is 0 Å². The van der Waals surface area contributed by atoms with Crippen LogP contribution in [0.15, 0.2) is 18.2 Å². The minimum absolute atomic E-state index is 0. The van der Waals surface area contributed by atoms with Gasteiger partial charge in [0.1, 0.15) is 0 Å². The third-order valence-electron chi connectivity index (χ3n) is 1.84. The van der Waals surface area contributed by atoms with E-state index in [0.29, 0.717) is 5.56 Å². The minimum atomic E-state index is -4.28. The molecular weight excluding hydrogens is 215 g/mol. The Bertz CT molecular complexity index is 309. The molecule has 0 saturated carbocycles. The van der Waals surface area contributed by atoms with Crippen LogP contribution in [0.1, 0.15) is 16.7 Å². The molecule has 0 fully saturated rings. The second-order valence-electron chi connectivity index (χ2n) is 2.85. The number of halogens is 4. The molecule has 0 unspecified atom stereocenters. The number of rotatable bonds is 1. The summed E-state index contributed by atoms with van der Waals surface area (Å²) in [6.07, 6.45) is -4.28. The van der Waals surface area contributed by atoms with E-state index in [1.54, 1.807) is 6.07 Å². The molecule has 0 atom stereocenters. The van der Waals surface area contributed by atoms with Gasteiger partial charge >= 0.3 is 6.18 Å². The molecule has 0 aliphatic heterocycles. The first-order chi connectivity index (χ1) is 5.95. The minimum Gasteiger partial charge on any atom is -0.326 e. The Hall–Kier alpha value is -0.740. The summed E-state index contributed by atoms with van der Waals surface area (Å²) in [6.45, 7) is 1.56. The second-order valence-corrected chi connectivity index (χ2v) is 2.85. The van der Waals surface area contributed by atoms with Crippen LogP contribution in [-0.4, -0.2) is 0 Å². The Kier molecular flexibility index (Phi) is 4.42. The lowest BCUT2D eigenvalue weighted by Crippen LogP contribution is -2.09. The van der Waals surface area contributed by atoms with E-state index in [2.05, 4.69) is 0 Å². The van der Waals surface area contributed by atoms with Crippen LogP contribution in [0.4, 0.5) is 13.2 Å². The van der Waals surface area contributed by atoms with Crippen molar-refractivity contribution in [1.29, 1.82) is 0 Å². The van der Waals surface area contributed by atoms with E-state index in [1.807, 2.05) is 0 Å². The number of nitrogens with two attached hydrogens (primary N) is 1. The maximum atomic E-state index is 12.3. The van der Waals surface area contributed by atoms with Crippen molar-refractivity contribution in [3.8, 4) is 0 Å². The Morgan fingerprint density at radius 2 is 1.86 bits per heavy atom. The van der Waals surface area contributed by atoms with Crippen LogP contribution in [0, 0.1) is 6.92 Å². The smallest absolute Gasteiger partial charge is 0.326 e. The molecule has 0 aliphatic rings. The molecule has 0 radical (unpaired) electrons. The zero-order chi connectivity index (χ0) is 10.1. The molecule has 0 amide bonds. The fraction of sp³-hybridized carbons (Fsp3) is 0.333. The molecule has 2 N–H and O–H groups in total. The molecule has 14 heavy (non-hydrogen) atoms. The Morgan fingerprint density at radius 3 is 2.29 bits per heavy atom. The van der Waals surface area contributed by atoms with Crippen molar-refractivity contribution in [2.75, 3.05) is 0 Å². The van der Waals surface area contributed by atoms with Crippen molar-refractivity contribution in [3.05, 3.63) is 34.9 Å². The molecule has 1 aromatic rings. The van der Waals surface area contributed by atoms with E-state index in [4.69, 9.17) is 5.73 Å². The SMILES string of the molecule is Cc1ccc(CN)cc1C(F)(F)F.Cl. The van der Waals surface area contributed by atoms with E-state index >= 15 is 0 Å². The van der Waals surface area contributed by atoms with Crippen molar-refractivity contribution in [2.24, 2.45) is 5.73 Å². The molecule has 0 saturated heterocycles. The summed E-state index contributed by atoms with van der Waals surface area (Å²) in [5.41, 5.74) is 5.37. The first-order valence-electron chi connectivity index (χ1n) is 3.82. The van der Waals surface area contributed by atoms with E-state index in [9.17, 15) is 13.2 Å². The summed E-state index contributed by atoms with van der Waals surface area (Å²) >= 11 is 0. The van der Waals surface area contributed by atoms with Crippen LogP contribution in [-0.2, 0) is 12.7 Å². The summed E-state index contributed by atoms with van der Waals surface area (Å²) in [7, 11) is 0. The summed E-state index contributed by atoms with van der Waals surface area (Å²) < 4.78 is 37.0. The van der Waals surface area contributed by atoms with Gasteiger partial charge in [-0.1, -0.05) is 12.1 Å². The first-order valence-corrected chi connectivity index (χ1v) is 3.82. The number of aryl methyl sites for hydroxylation is 1. The highest BCUT2D eigenvalue weighted by molar-refractivity contribution is 5.85. The van der Waals surface area contributed by atoms with Gasteiger partial charge in [0.2, 0.25) is 0 Å². The average molecular weight is 226 g/mol. The molecule has 0 heterocycles. The number of hydrogen-bond acceptors (Lipinski definition) is 1.